The Hall–Kier alpha value is -2.28. The van der Waals surface area contributed by atoms with Crippen LogP contribution in [-0.2, 0) is 17.6 Å². The summed E-state index contributed by atoms with van der Waals surface area (Å²) in [5.41, 5.74) is 6.98. The van der Waals surface area contributed by atoms with E-state index in [1.165, 1.54) is 35.1 Å². The molecule has 1 aliphatic heterocycles. The molecule has 168 valence electrons. The zero-order valence-corrected chi connectivity index (χ0v) is 19.8. The number of thiazole rings is 1. The van der Waals surface area contributed by atoms with Crippen molar-refractivity contribution < 1.29 is 9.53 Å². The van der Waals surface area contributed by atoms with Crippen molar-refractivity contribution in [2.75, 3.05) is 44.3 Å². The number of rotatable bonds is 5. The Balaban J connectivity index is 1.46. The number of anilines is 1. The molecule has 0 atom stereocenters. The van der Waals surface area contributed by atoms with Gasteiger partial charge in [0.1, 0.15) is 0 Å². The van der Waals surface area contributed by atoms with Crippen molar-refractivity contribution in [3.8, 4) is 0 Å². The third-order valence-electron chi connectivity index (χ3n) is 6.81. The Morgan fingerprint density at radius 3 is 2.62 bits per heavy atom. The van der Waals surface area contributed by atoms with Gasteiger partial charge in [-0.05, 0) is 86.1 Å². The second-order valence-electron chi connectivity index (χ2n) is 9.00. The van der Waals surface area contributed by atoms with Crippen LogP contribution in [0, 0.1) is 13.8 Å². The molecule has 1 aromatic heterocycles. The predicted octanol–water partition coefficient (Wildman–Crippen LogP) is 4.77. The van der Waals surface area contributed by atoms with E-state index in [4.69, 9.17) is 9.72 Å². The number of aryl methyl sites for hydroxylation is 4. The number of amides is 1. The molecule has 5 nitrogen and oxygen atoms in total. The Kier molecular flexibility index (Phi) is 6.26. The first-order valence-corrected chi connectivity index (χ1v) is 12.5. The third-order valence-corrected chi connectivity index (χ3v) is 7.85. The van der Waals surface area contributed by atoms with Gasteiger partial charge in [0.25, 0.3) is 5.91 Å². The average Bonchev–Trinajstić information content (AvgIpc) is 3.22. The molecule has 0 N–H and O–H groups in total. The van der Waals surface area contributed by atoms with Gasteiger partial charge in [0, 0.05) is 31.7 Å². The lowest BCUT2D eigenvalue weighted by Crippen LogP contribution is -2.43. The quantitative estimate of drug-likeness (QED) is 0.563. The first-order valence-electron chi connectivity index (χ1n) is 11.7. The number of aromatic nitrogens is 1. The van der Waals surface area contributed by atoms with Gasteiger partial charge in [-0.15, -0.1) is 0 Å². The lowest BCUT2D eigenvalue weighted by molar-refractivity contribution is 0.0391. The molecular formula is C26H31N3O2S. The van der Waals surface area contributed by atoms with Gasteiger partial charge in [0.15, 0.2) is 5.13 Å². The van der Waals surface area contributed by atoms with Crippen LogP contribution in [0.3, 0.4) is 0 Å². The maximum atomic E-state index is 13.8. The number of hydrogen-bond donors (Lipinski definition) is 0. The summed E-state index contributed by atoms with van der Waals surface area (Å²) in [5, 5.41) is 0.793. The zero-order chi connectivity index (χ0) is 22.1. The fourth-order valence-electron chi connectivity index (χ4n) is 4.66. The average molecular weight is 450 g/mol. The number of carbonyl (C=O) groups is 1. The van der Waals surface area contributed by atoms with Crippen LogP contribution < -0.4 is 4.90 Å². The van der Waals surface area contributed by atoms with Crippen molar-refractivity contribution in [1.29, 1.82) is 0 Å². The molecule has 1 saturated heterocycles. The molecular weight excluding hydrogens is 418 g/mol. The standard InChI is InChI=1S/C26H31N3O2S/c1-18-15-23-24(16-19(18)2)32-26(27-23)29(10-9-28-11-13-31-14-12-28)25(30)22-8-7-20-5-3-4-6-21(20)17-22/h7-8,15-17H,3-6,9-14H2,1-2H3. The molecule has 2 aliphatic rings. The number of fused-ring (bicyclic) bond motifs is 2. The van der Waals surface area contributed by atoms with Crippen LogP contribution in [0.4, 0.5) is 5.13 Å². The number of nitrogens with zero attached hydrogens (tertiary/aromatic N) is 3. The van der Waals surface area contributed by atoms with E-state index < -0.39 is 0 Å². The van der Waals surface area contributed by atoms with E-state index in [-0.39, 0.29) is 5.91 Å². The molecule has 1 fully saturated rings. The molecule has 2 heterocycles. The van der Waals surface area contributed by atoms with Crippen molar-refractivity contribution in [1.82, 2.24) is 9.88 Å². The van der Waals surface area contributed by atoms with Gasteiger partial charge in [0.2, 0.25) is 0 Å². The van der Waals surface area contributed by atoms with Gasteiger partial charge in [-0.3, -0.25) is 14.6 Å². The van der Waals surface area contributed by atoms with Crippen molar-refractivity contribution in [3.05, 3.63) is 58.1 Å². The van der Waals surface area contributed by atoms with E-state index in [2.05, 4.69) is 43.0 Å². The maximum Gasteiger partial charge on any atom is 0.260 e. The van der Waals surface area contributed by atoms with E-state index in [0.717, 1.165) is 66.6 Å². The van der Waals surface area contributed by atoms with Crippen LogP contribution in [0.2, 0.25) is 0 Å². The Morgan fingerprint density at radius 1 is 1.06 bits per heavy atom. The smallest absolute Gasteiger partial charge is 0.260 e. The molecule has 2 aromatic carbocycles. The molecule has 5 rings (SSSR count). The third kappa shape index (κ3) is 4.45. The summed E-state index contributed by atoms with van der Waals surface area (Å²) in [6, 6.07) is 10.6. The molecule has 0 spiro atoms. The predicted molar refractivity (Wildman–Crippen MR) is 131 cm³/mol. The number of ether oxygens (including phenoxy) is 1. The molecule has 0 radical (unpaired) electrons. The fraction of sp³-hybridized carbons (Fsp3) is 0.462. The minimum Gasteiger partial charge on any atom is -0.379 e. The van der Waals surface area contributed by atoms with Crippen molar-refractivity contribution in [3.63, 3.8) is 0 Å². The van der Waals surface area contributed by atoms with Gasteiger partial charge < -0.3 is 4.74 Å². The molecule has 6 heteroatoms. The van der Waals surface area contributed by atoms with E-state index in [1.54, 1.807) is 11.3 Å². The van der Waals surface area contributed by atoms with Crippen LogP contribution >= 0.6 is 11.3 Å². The highest BCUT2D eigenvalue weighted by atomic mass is 32.1. The van der Waals surface area contributed by atoms with Crippen molar-refractivity contribution in [2.45, 2.75) is 39.5 Å². The van der Waals surface area contributed by atoms with Gasteiger partial charge in [0.05, 0.1) is 23.4 Å². The highest BCUT2D eigenvalue weighted by molar-refractivity contribution is 7.22. The Labute approximate surface area is 194 Å². The minimum absolute atomic E-state index is 0.0548. The summed E-state index contributed by atoms with van der Waals surface area (Å²) in [4.78, 5) is 22.9. The maximum absolute atomic E-state index is 13.8. The van der Waals surface area contributed by atoms with Gasteiger partial charge in [-0.25, -0.2) is 4.98 Å². The van der Waals surface area contributed by atoms with E-state index in [9.17, 15) is 4.79 Å². The number of hydrogen-bond acceptors (Lipinski definition) is 5. The zero-order valence-electron chi connectivity index (χ0n) is 19.0. The van der Waals surface area contributed by atoms with Gasteiger partial charge in [-0.2, -0.15) is 0 Å². The van der Waals surface area contributed by atoms with Gasteiger partial charge in [-0.1, -0.05) is 17.4 Å². The second-order valence-corrected chi connectivity index (χ2v) is 10.0. The normalized spacial score (nSPS) is 16.8. The molecule has 1 amide bonds. The number of morpholine rings is 1. The van der Waals surface area contributed by atoms with Crippen LogP contribution in [0.25, 0.3) is 10.2 Å². The lowest BCUT2D eigenvalue weighted by atomic mass is 9.90. The second kappa shape index (κ2) is 9.30. The molecule has 0 bridgehead atoms. The first kappa shape index (κ1) is 21.6. The summed E-state index contributed by atoms with van der Waals surface area (Å²) in [7, 11) is 0. The van der Waals surface area contributed by atoms with E-state index in [0.29, 0.717) is 6.54 Å². The number of benzene rings is 2. The highest BCUT2D eigenvalue weighted by Crippen LogP contribution is 2.32. The fourth-order valence-corrected chi connectivity index (χ4v) is 5.73. The topological polar surface area (TPSA) is 45.7 Å². The molecule has 3 aromatic rings. The molecule has 0 unspecified atom stereocenters. The SMILES string of the molecule is Cc1cc2nc(N(CCN3CCOCC3)C(=O)c3ccc4c(c3)CCCC4)sc2cc1C. The van der Waals surface area contributed by atoms with Crippen LogP contribution in [0.1, 0.15) is 45.5 Å². The Bertz CT molecular complexity index is 1090. The van der Waals surface area contributed by atoms with Crippen LogP contribution in [0.15, 0.2) is 30.3 Å². The minimum atomic E-state index is 0.0548. The monoisotopic (exact) mass is 449 g/mol. The molecule has 0 saturated carbocycles. The summed E-state index contributed by atoms with van der Waals surface area (Å²) >= 11 is 1.62. The number of carbonyl (C=O) groups excluding carboxylic acids is 1. The summed E-state index contributed by atoms with van der Waals surface area (Å²) in [5.74, 6) is 0.0548. The molecule has 32 heavy (non-hydrogen) atoms. The molecule has 1 aliphatic carbocycles. The van der Waals surface area contributed by atoms with Crippen LogP contribution in [-0.4, -0.2) is 55.2 Å². The van der Waals surface area contributed by atoms with Gasteiger partial charge >= 0.3 is 0 Å². The van der Waals surface area contributed by atoms with Crippen LogP contribution in [0.5, 0.6) is 0 Å². The summed E-state index contributed by atoms with van der Waals surface area (Å²) in [6.07, 6.45) is 4.66. The lowest BCUT2D eigenvalue weighted by Gasteiger charge is -2.29. The van der Waals surface area contributed by atoms with Crippen molar-refractivity contribution in [2.24, 2.45) is 0 Å². The summed E-state index contributed by atoms with van der Waals surface area (Å²) < 4.78 is 6.63. The largest absolute Gasteiger partial charge is 0.379 e. The Morgan fingerprint density at radius 2 is 1.81 bits per heavy atom. The summed E-state index contributed by atoms with van der Waals surface area (Å²) in [6.45, 7) is 9.06. The van der Waals surface area contributed by atoms with Crippen molar-refractivity contribution >= 4 is 32.6 Å². The highest BCUT2D eigenvalue weighted by Gasteiger charge is 2.24. The van der Waals surface area contributed by atoms with E-state index in [1.807, 2.05) is 11.0 Å². The first-order chi connectivity index (χ1) is 15.6. The van der Waals surface area contributed by atoms with E-state index >= 15 is 0 Å².